The third-order valence-corrected chi connectivity index (χ3v) is 5.06. The molecule has 3 rings (SSSR count). The van der Waals surface area contributed by atoms with E-state index in [2.05, 4.69) is 5.10 Å². The highest BCUT2D eigenvalue weighted by molar-refractivity contribution is 6.16. The summed E-state index contributed by atoms with van der Waals surface area (Å²) in [5.41, 5.74) is 1.92. The molecular formula is C23H24N2O4. The van der Waals surface area contributed by atoms with E-state index in [1.54, 1.807) is 26.0 Å². The number of carbonyl (C=O) groups is 3. The minimum atomic E-state index is -1.09. The van der Waals surface area contributed by atoms with Crippen molar-refractivity contribution in [2.75, 3.05) is 11.6 Å². The van der Waals surface area contributed by atoms with Crippen LogP contribution in [0.1, 0.15) is 32.3 Å². The second kappa shape index (κ2) is 8.82. The van der Waals surface area contributed by atoms with Gasteiger partial charge in [0.25, 0.3) is 5.91 Å². The second-order valence-electron chi connectivity index (χ2n) is 6.98. The lowest BCUT2D eigenvalue weighted by Crippen LogP contribution is -2.40. The van der Waals surface area contributed by atoms with Gasteiger partial charge in [0.15, 0.2) is 0 Å². The van der Waals surface area contributed by atoms with Gasteiger partial charge < -0.3 is 4.74 Å². The summed E-state index contributed by atoms with van der Waals surface area (Å²) in [5, 5.41) is 5.80. The number of benzene rings is 2. The van der Waals surface area contributed by atoms with Crippen molar-refractivity contribution in [2.45, 2.75) is 26.7 Å². The molecular weight excluding hydrogens is 368 g/mol. The zero-order valence-corrected chi connectivity index (χ0v) is 16.7. The summed E-state index contributed by atoms with van der Waals surface area (Å²) in [5.74, 6) is -3.75. The van der Waals surface area contributed by atoms with E-state index in [1.165, 1.54) is 11.9 Å². The van der Waals surface area contributed by atoms with Gasteiger partial charge in [-0.3, -0.25) is 14.4 Å². The monoisotopic (exact) mass is 392 g/mol. The normalized spacial score (nSPS) is 18.2. The molecule has 0 fully saturated rings. The summed E-state index contributed by atoms with van der Waals surface area (Å²) in [6, 6.07) is 18.2. The third kappa shape index (κ3) is 4.11. The van der Waals surface area contributed by atoms with E-state index >= 15 is 0 Å². The molecule has 29 heavy (non-hydrogen) atoms. The van der Waals surface area contributed by atoms with Crippen LogP contribution < -0.4 is 5.01 Å². The van der Waals surface area contributed by atoms with Crippen LogP contribution in [0.3, 0.4) is 0 Å². The van der Waals surface area contributed by atoms with Gasteiger partial charge >= 0.3 is 5.97 Å². The van der Waals surface area contributed by atoms with Crippen molar-refractivity contribution in [1.29, 1.82) is 0 Å². The van der Waals surface area contributed by atoms with Crippen LogP contribution in [0.4, 0.5) is 5.69 Å². The number of ketones is 1. The van der Waals surface area contributed by atoms with Gasteiger partial charge in [0, 0.05) is 11.6 Å². The van der Waals surface area contributed by atoms with Crippen molar-refractivity contribution < 1.29 is 19.1 Å². The van der Waals surface area contributed by atoms with Crippen molar-refractivity contribution in [3.05, 3.63) is 66.2 Å². The first-order chi connectivity index (χ1) is 14.0. The van der Waals surface area contributed by atoms with Crippen LogP contribution in [-0.4, -0.2) is 30.0 Å². The number of hydrogen-bond donors (Lipinski definition) is 0. The number of para-hydroxylation sites is 1. The molecule has 1 heterocycles. The molecule has 0 saturated carbocycles. The lowest BCUT2D eigenvalue weighted by atomic mass is 9.73. The van der Waals surface area contributed by atoms with Gasteiger partial charge in [0.1, 0.15) is 11.7 Å². The molecule has 3 unspecified atom stereocenters. The number of nitrogens with zero attached hydrogens (tertiary/aromatic N) is 2. The van der Waals surface area contributed by atoms with Crippen LogP contribution in [0.2, 0.25) is 0 Å². The van der Waals surface area contributed by atoms with Gasteiger partial charge in [-0.25, -0.2) is 5.01 Å². The van der Waals surface area contributed by atoms with Crippen LogP contribution in [-0.2, 0) is 19.1 Å². The van der Waals surface area contributed by atoms with E-state index in [0.717, 1.165) is 5.56 Å². The molecule has 2 aromatic carbocycles. The molecule has 6 nitrogen and oxygen atoms in total. The topological polar surface area (TPSA) is 76.0 Å². The van der Waals surface area contributed by atoms with E-state index < -0.39 is 23.7 Å². The van der Waals surface area contributed by atoms with Crippen molar-refractivity contribution >= 4 is 29.1 Å². The maximum absolute atomic E-state index is 13.4. The minimum absolute atomic E-state index is 0.159. The number of anilines is 1. The Balaban J connectivity index is 2.07. The highest BCUT2D eigenvalue weighted by Gasteiger charge is 2.47. The highest BCUT2D eigenvalue weighted by Crippen LogP contribution is 2.39. The van der Waals surface area contributed by atoms with Crippen LogP contribution >= 0.6 is 0 Å². The predicted octanol–water partition coefficient (Wildman–Crippen LogP) is 3.58. The van der Waals surface area contributed by atoms with Crippen molar-refractivity contribution in [3.8, 4) is 0 Å². The maximum Gasteiger partial charge on any atom is 0.317 e. The third-order valence-electron chi connectivity index (χ3n) is 5.06. The van der Waals surface area contributed by atoms with Crippen LogP contribution in [0.25, 0.3) is 0 Å². The molecule has 1 aliphatic rings. The predicted molar refractivity (Wildman–Crippen MR) is 111 cm³/mol. The number of esters is 1. The Hall–Kier alpha value is -3.28. The van der Waals surface area contributed by atoms with E-state index in [1.807, 2.05) is 48.5 Å². The van der Waals surface area contributed by atoms with E-state index in [-0.39, 0.29) is 18.3 Å². The quantitative estimate of drug-likeness (QED) is 0.533. The lowest BCUT2D eigenvalue weighted by molar-refractivity contribution is -0.152. The first-order valence-electron chi connectivity index (χ1n) is 9.61. The number of carbonyl (C=O) groups excluding carboxylic acids is 3. The van der Waals surface area contributed by atoms with E-state index in [9.17, 15) is 14.4 Å². The number of hydrazone groups is 1. The fraction of sp³-hybridized carbons (Fsp3) is 0.304. The Labute approximate surface area is 170 Å². The van der Waals surface area contributed by atoms with Crippen molar-refractivity contribution in [3.63, 3.8) is 0 Å². The Morgan fingerprint density at radius 3 is 2.21 bits per heavy atom. The molecule has 0 N–H and O–H groups in total. The number of hydrogen-bond acceptors (Lipinski definition) is 5. The number of amides is 1. The van der Waals surface area contributed by atoms with E-state index in [0.29, 0.717) is 11.4 Å². The lowest BCUT2D eigenvalue weighted by Gasteiger charge is -2.28. The van der Waals surface area contributed by atoms with Crippen molar-refractivity contribution in [2.24, 2.45) is 16.9 Å². The Morgan fingerprint density at radius 1 is 1.07 bits per heavy atom. The SMILES string of the molecule is CCOC(=O)C(C(C)=O)C(c1ccccc1)C1C(=O)N(c2ccccc2)N=C1C. The van der Waals surface area contributed by atoms with Gasteiger partial charge in [-0.1, -0.05) is 48.5 Å². The van der Waals surface area contributed by atoms with Gasteiger partial charge in [0.05, 0.1) is 18.2 Å². The molecule has 0 aliphatic carbocycles. The fourth-order valence-corrected chi connectivity index (χ4v) is 3.80. The largest absolute Gasteiger partial charge is 0.465 e. The van der Waals surface area contributed by atoms with Crippen LogP contribution in [0.5, 0.6) is 0 Å². The number of Topliss-reactive ketones (excluding diaryl/α,β-unsaturated/α-hetero) is 1. The molecule has 1 aliphatic heterocycles. The first-order valence-corrected chi connectivity index (χ1v) is 9.61. The molecule has 0 aromatic heterocycles. The Bertz CT molecular complexity index is 924. The van der Waals surface area contributed by atoms with Gasteiger partial charge in [-0.2, -0.15) is 5.10 Å². The van der Waals surface area contributed by atoms with E-state index in [4.69, 9.17) is 4.74 Å². The van der Waals surface area contributed by atoms with Gasteiger partial charge in [0.2, 0.25) is 0 Å². The number of rotatable bonds is 7. The molecule has 3 atom stereocenters. The smallest absolute Gasteiger partial charge is 0.317 e. The van der Waals surface area contributed by atoms with Crippen LogP contribution in [0, 0.1) is 11.8 Å². The number of ether oxygens (including phenoxy) is 1. The standard InChI is InChI=1S/C23H24N2O4/c1-4-29-23(28)20(16(3)26)21(17-11-7-5-8-12-17)19-15(2)24-25(22(19)27)18-13-9-6-10-14-18/h5-14,19-21H,4H2,1-3H3. The maximum atomic E-state index is 13.4. The highest BCUT2D eigenvalue weighted by atomic mass is 16.5. The zero-order valence-electron chi connectivity index (χ0n) is 16.7. The Morgan fingerprint density at radius 2 is 1.66 bits per heavy atom. The summed E-state index contributed by atoms with van der Waals surface area (Å²) >= 11 is 0. The molecule has 0 saturated heterocycles. The first kappa shape index (κ1) is 20.5. The zero-order chi connectivity index (χ0) is 21.0. The average Bonchev–Trinajstić information content (AvgIpc) is 3.01. The van der Waals surface area contributed by atoms with Gasteiger partial charge in [-0.15, -0.1) is 0 Å². The summed E-state index contributed by atoms with van der Waals surface area (Å²) in [4.78, 5) is 38.6. The summed E-state index contributed by atoms with van der Waals surface area (Å²) in [7, 11) is 0. The molecule has 2 aromatic rings. The summed E-state index contributed by atoms with van der Waals surface area (Å²) in [6.45, 7) is 4.96. The average molecular weight is 392 g/mol. The minimum Gasteiger partial charge on any atom is -0.465 e. The molecule has 0 spiro atoms. The fourth-order valence-electron chi connectivity index (χ4n) is 3.80. The molecule has 150 valence electrons. The molecule has 1 amide bonds. The molecule has 0 radical (unpaired) electrons. The Kier molecular flexibility index (Phi) is 6.22. The van der Waals surface area contributed by atoms with Gasteiger partial charge in [-0.05, 0) is 38.5 Å². The summed E-state index contributed by atoms with van der Waals surface area (Å²) < 4.78 is 5.18. The molecule has 6 heteroatoms. The molecule has 0 bridgehead atoms. The second-order valence-corrected chi connectivity index (χ2v) is 6.98. The van der Waals surface area contributed by atoms with Crippen molar-refractivity contribution in [1.82, 2.24) is 0 Å². The summed E-state index contributed by atoms with van der Waals surface area (Å²) in [6.07, 6.45) is 0. The van der Waals surface area contributed by atoms with Crippen LogP contribution in [0.15, 0.2) is 65.8 Å².